The SMILES string of the molecule is Cc1cc(Br)ccc1-c1noc(CC(O)C(F)F)n1. The Morgan fingerprint density at radius 3 is 2.79 bits per heavy atom. The molecule has 4 nitrogen and oxygen atoms in total. The topological polar surface area (TPSA) is 59.2 Å². The zero-order chi connectivity index (χ0) is 14.0. The van der Waals surface area contributed by atoms with E-state index >= 15 is 0 Å². The van der Waals surface area contributed by atoms with Crippen LogP contribution in [-0.4, -0.2) is 27.8 Å². The molecule has 1 aromatic carbocycles. The van der Waals surface area contributed by atoms with Crippen LogP contribution in [0.25, 0.3) is 11.4 Å². The van der Waals surface area contributed by atoms with Gasteiger partial charge in [0.15, 0.2) is 0 Å². The first kappa shape index (κ1) is 14.1. The van der Waals surface area contributed by atoms with Crippen molar-refractivity contribution in [1.29, 1.82) is 0 Å². The maximum absolute atomic E-state index is 12.2. The summed E-state index contributed by atoms with van der Waals surface area (Å²) in [4.78, 5) is 4.01. The first-order valence-electron chi connectivity index (χ1n) is 5.52. The summed E-state index contributed by atoms with van der Waals surface area (Å²) >= 11 is 3.34. The average molecular weight is 333 g/mol. The first-order valence-corrected chi connectivity index (χ1v) is 6.32. The zero-order valence-corrected chi connectivity index (χ0v) is 11.6. The third-order valence-electron chi connectivity index (χ3n) is 2.57. The van der Waals surface area contributed by atoms with Crippen molar-refractivity contribution < 1.29 is 18.4 Å². The molecule has 1 heterocycles. The van der Waals surface area contributed by atoms with E-state index in [0.717, 1.165) is 15.6 Å². The van der Waals surface area contributed by atoms with E-state index < -0.39 is 12.5 Å². The second kappa shape index (κ2) is 5.75. The van der Waals surface area contributed by atoms with Gasteiger partial charge in [-0.25, -0.2) is 8.78 Å². The van der Waals surface area contributed by atoms with Gasteiger partial charge in [-0.1, -0.05) is 21.1 Å². The second-order valence-corrected chi connectivity index (χ2v) is 4.99. The minimum atomic E-state index is -2.83. The Balaban J connectivity index is 2.21. The number of nitrogens with zero attached hydrogens (tertiary/aromatic N) is 2. The number of rotatable bonds is 4. The Labute approximate surface area is 116 Å². The van der Waals surface area contributed by atoms with Crippen molar-refractivity contribution in [2.24, 2.45) is 0 Å². The van der Waals surface area contributed by atoms with E-state index in [1.54, 1.807) is 6.07 Å². The van der Waals surface area contributed by atoms with E-state index in [2.05, 4.69) is 26.1 Å². The average Bonchev–Trinajstić information content (AvgIpc) is 2.77. The summed E-state index contributed by atoms with van der Waals surface area (Å²) in [6, 6.07) is 5.52. The molecule has 0 saturated heterocycles. The summed E-state index contributed by atoms with van der Waals surface area (Å²) in [5, 5.41) is 12.8. The van der Waals surface area contributed by atoms with E-state index in [1.807, 2.05) is 19.1 Å². The molecule has 0 aliphatic rings. The number of hydrogen-bond acceptors (Lipinski definition) is 4. The van der Waals surface area contributed by atoms with Crippen LogP contribution in [0.3, 0.4) is 0 Å². The molecule has 0 aliphatic heterocycles. The van der Waals surface area contributed by atoms with Crippen molar-refractivity contribution in [3.8, 4) is 11.4 Å². The molecule has 0 amide bonds. The lowest BCUT2D eigenvalue weighted by Crippen LogP contribution is -2.20. The molecule has 0 bridgehead atoms. The molecular formula is C12H11BrF2N2O2. The van der Waals surface area contributed by atoms with Crippen LogP contribution < -0.4 is 0 Å². The smallest absolute Gasteiger partial charge is 0.264 e. The van der Waals surface area contributed by atoms with Crippen molar-refractivity contribution in [1.82, 2.24) is 10.1 Å². The molecule has 0 saturated carbocycles. The highest BCUT2D eigenvalue weighted by Gasteiger charge is 2.21. The molecule has 0 radical (unpaired) electrons. The lowest BCUT2D eigenvalue weighted by Gasteiger charge is -2.04. The Hall–Kier alpha value is -1.34. The summed E-state index contributed by atoms with van der Waals surface area (Å²) < 4.78 is 30.2. The van der Waals surface area contributed by atoms with Crippen LogP contribution in [0.1, 0.15) is 11.5 Å². The van der Waals surface area contributed by atoms with Crippen LogP contribution >= 0.6 is 15.9 Å². The number of hydrogen-bond donors (Lipinski definition) is 1. The number of aryl methyl sites for hydroxylation is 1. The number of benzene rings is 1. The molecule has 1 aromatic heterocycles. The largest absolute Gasteiger partial charge is 0.387 e. The van der Waals surface area contributed by atoms with Crippen LogP contribution in [0.2, 0.25) is 0 Å². The third kappa shape index (κ3) is 3.36. The molecule has 1 N–H and O–H groups in total. The molecule has 7 heteroatoms. The van der Waals surface area contributed by atoms with Gasteiger partial charge >= 0.3 is 0 Å². The van der Waals surface area contributed by atoms with E-state index in [1.165, 1.54) is 0 Å². The summed E-state index contributed by atoms with van der Waals surface area (Å²) in [5.41, 5.74) is 1.68. The highest BCUT2D eigenvalue weighted by molar-refractivity contribution is 9.10. The lowest BCUT2D eigenvalue weighted by molar-refractivity contribution is -0.00754. The molecule has 0 fully saturated rings. The Bertz CT molecular complexity index is 575. The fourth-order valence-corrected chi connectivity index (χ4v) is 2.07. The van der Waals surface area contributed by atoms with E-state index in [4.69, 9.17) is 9.63 Å². The van der Waals surface area contributed by atoms with Gasteiger partial charge < -0.3 is 9.63 Å². The van der Waals surface area contributed by atoms with Crippen molar-refractivity contribution in [3.05, 3.63) is 34.1 Å². The highest BCUT2D eigenvalue weighted by Crippen LogP contribution is 2.24. The fraction of sp³-hybridized carbons (Fsp3) is 0.333. The Morgan fingerprint density at radius 1 is 1.42 bits per heavy atom. The van der Waals surface area contributed by atoms with Gasteiger partial charge in [0.05, 0.1) is 6.42 Å². The number of aliphatic hydroxyl groups is 1. The summed E-state index contributed by atoms with van der Waals surface area (Å²) in [6.45, 7) is 1.88. The summed E-state index contributed by atoms with van der Waals surface area (Å²) in [6.07, 6.45) is -4.98. The van der Waals surface area contributed by atoms with Gasteiger partial charge in [-0.2, -0.15) is 4.98 Å². The van der Waals surface area contributed by atoms with Crippen LogP contribution in [0.15, 0.2) is 27.2 Å². The fourth-order valence-electron chi connectivity index (χ4n) is 1.59. The van der Waals surface area contributed by atoms with Crippen LogP contribution in [0.5, 0.6) is 0 Å². The quantitative estimate of drug-likeness (QED) is 0.935. The summed E-state index contributed by atoms with van der Waals surface area (Å²) in [5.74, 6) is 0.312. The Kier molecular flexibility index (Phi) is 4.26. The molecule has 0 aliphatic carbocycles. The maximum atomic E-state index is 12.2. The number of aliphatic hydroxyl groups excluding tert-OH is 1. The maximum Gasteiger partial charge on any atom is 0.264 e. The van der Waals surface area contributed by atoms with Crippen LogP contribution in [-0.2, 0) is 6.42 Å². The van der Waals surface area contributed by atoms with E-state index in [9.17, 15) is 8.78 Å². The minimum absolute atomic E-state index is 0.00915. The van der Waals surface area contributed by atoms with Gasteiger partial charge in [-0.05, 0) is 30.7 Å². The molecule has 0 spiro atoms. The number of alkyl halides is 2. The highest BCUT2D eigenvalue weighted by atomic mass is 79.9. The van der Waals surface area contributed by atoms with E-state index in [-0.39, 0.29) is 12.3 Å². The predicted molar refractivity (Wildman–Crippen MR) is 67.9 cm³/mol. The van der Waals surface area contributed by atoms with Crippen LogP contribution in [0.4, 0.5) is 8.78 Å². The molecule has 1 unspecified atom stereocenters. The predicted octanol–water partition coefficient (Wildman–Crippen LogP) is 2.98. The van der Waals surface area contributed by atoms with Gasteiger partial charge in [-0.15, -0.1) is 0 Å². The van der Waals surface area contributed by atoms with Crippen molar-refractivity contribution in [3.63, 3.8) is 0 Å². The lowest BCUT2D eigenvalue weighted by atomic mass is 10.1. The number of aromatic nitrogens is 2. The van der Waals surface area contributed by atoms with Gasteiger partial charge in [0, 0.05) is 10.0 Å². The van der Waals surface area contributed by atoms with Gasteiger partial charge in [0.2, 0.25) is 11.7 Å². The molecule has 102 valence electrons. The molecule has 2 rings (SSSR count). The minimum Gasteiger partial charge on any atom is -0.387 e. The second-order valence-electron chi connectivity index (χ2n) is 4.08. The number of halogens is 3. The zero-order valence-electron chi connectivity index (χ0n) is 9.98. The molecule has 19 heavy (non-hydrogen) atoms. The molecule has 1 atom stereocenters. The third-order valence-corrected chi connectivity index (χ3v) is 3.07. The molecule has 2 aromatic rings. The van der Waals surface area contributed by atoms with Crippen molar-refractivity contribution >= 4 is 15.9 Å². The van der Waals surface area contributed by atoms with Gasteiger partial charge in [0.1, 0.15) is 6.10 Å². The summed E-state index contributed by atoms with van der Waals surface area (Å²) in [7, 11) is 0. The van der Waals surface area contributed by atoms with Gasteiger partial charge in [-0.3, -0.25) is 0 Å². The van der Waals surface area contributed by atoms with E-state index in [0.29, 0.717) is 5.82 Å². The molecular weight excluding hydrogens is 322 g/mol. The van der Waals surface area contributed by atoms with Crippen molar-refractivity contribution in [2.45, 2.75) is 25.9 Å². The normalized spacial score (nSPS) is 12.9. The van der Waals surface area contributed by atoms with Gasteiger partial charge in [0.25, 0.3) is 6.43 Å². The Morgan fingerprint density at radius 2 is 2.16 bits per heavy atom. The first-order chi connectivity index (χ1) is 8.97. The van der Waals surface area contributed by atoms with Crippen molar-refractivity contribution in [2.75, 3.05) is 0 Å². The monoisotopic (exact) mass is 332 g/mol. The standard InChI is InChI=1S/C12H11BrF2N2O2/c1-6-4-7(13)2-3-8(6)12-16-10(19-17-12)5-9(18)11(14)15/h2-4,9,11,18H,5H2,1H3. The van der Waals surface area contributed by atoms with Crippen LogP contribution in [0, 0.1) is 6.92 Å².